The Balaban J connectivity index is 1.76. The van der Waals surface area contributed by atoms with Gasteiger partial charge in [-0.2, -0.15) is 0 Å². The summed E-state index contributed by atoms with van der Waals surface area (Å²) in [4.78, 5) is 0. The molecule has 3 heteroatoms. The Kier molecular flexibility index (Phi) is 4.45. The van der Waals surface area contributed by atoms with Crippen molar-refractivity contribution in [1.29, 1.82) is 0 Å². The fraction of sp³-hybridized carbons (Fsp3) is 1.00. The van der Waals surface area contributed by atoms with Gasteiger partial charge < -0.3 is 14.8 Å². The van der Waals surface area contributed by atoms with Gasteiger partial charge in [-0.3, -0.25) is 0 Å². The monoisotopic (exact) mass is 241 g/mol. The van der Waals surface area contributed by atoms with Crippen molar-refractivity contribution < 1.29 is 9.47 Å². The lowest BCUT2D eigenvalue weighted by Gasteiger charge is -2.53. The lowest BCUT2D eigenvalue weighted by Crippen LogP contribution is -2.61. The minimum atomic E-state index is 0.309. The summed E-state index contributed by atoms with van der Waals surface area (Å²) in [5.41, 5.74) is 0.309. The minimum Gasteiger partial charge on any atom is -0.376 e. The van der Waals surface area contributed by atoms with Gasteiger partial charge in [0.05, 0.1) is 18.8 Å². The summed E-state index contributed by atoms with van der Waals surface area (Å²) in [5, 5.41) is 3.40. The van der Waals surface area contributed by atoms with Gasteiger partial charge in [0.1, 0.15) is 0 Å². The maximum absolute atomic E-state index is 6.09. The van der Waals surface area contributed by atoms with E-state index < -0.39 is 0 Å². The van der Waals surface area contributed by atoms with Crippen LogP contribution in [0.3, 0.4) is 0 Å². The number of hydrogen-bond acceptors (Lipinski definition) is 3. The van der Waals surface area contributed by atoms with E-state index in [1.54, 1.807) is 0 Å². The zero-order chi connectivity index (χ0) is 12.3. The first kappa shape index (κ1) is 13.3. The fourth-order valence-corrected chi connectivity index (χ4v) is 3.16. The van der Waals surface area contributed by atoms with Crippen LogP contribution in [0, 0.1) is 5.41 Å². The molecule has 1 heterocycles. The second-order valence-electron chi connectivity index (χ2n) is 5.75. The molecule has 0 bridgehead atoms. The van der Waals surface area contributed by atoms with Crippen LogP contribution in [0.4, 0.5) is 0 Å². The maximum Gasteiger partial charge on any atom is 0.0808 e. The van der Waals surface area contributed by atoms with Crippen molar-refractivity contribution in [3.8, 4) is 0 Å². The Morgan fingerprint density at radius 2 is 2.24 bits per heavy atom. The minimum absolute atomic E-state index is 0.309. The van der Waals surface area contributed by atoms with Crippen molar-refractivity contribution in [1.82, 2.24) is 5.32 Å². The number of hydrogen-bond donors (Lipinski definition) is 1. The molecule has 1 saturated carbocycles. The fourth-order valence-electron chi connectivity index (χ4n) is 3.16. The highest BCUT2D eigenvalue weighted by Crippen LogP contribution is 2.45. The van der Waals surface area contributed by atoms with Crippen LogP contribution >= 0.6 is 0 Å². The Bertz CT molecular complexity index is 240. The lowest BCUT2D eigenvalue weighted by molar-refractivity contribution is -0.154. The zero-order valence-corrected chi connectivity index (χ0v) is 11.5. The first-order valence-electron chi connectivity index (χ1n) is 7.11. The normalized spacial score (nSPS) is 42.2. The van der Waals surface area contributed by atoms with Gasteiger partial charge in [0.25, 0.3) is 0 Å². The molecule has 0 aromatic rings. The van der Waals surface area contributed by atoms with Crippen LogP contribution in [0.15, 0.2) is 0 Å². The molecule has 3 nitrogen and oxygen atoms in total. The molecule has 1 saturated heterocycles. The molecule has 0 aromatic carbocycles. The predicted octanol–water partition coefficient (Wildman–Crippen LogP) is 2.35. The van der Waals surface area contributed by atoms with E-state index in [0.29, 0.717) is 23.7 Å². The summed E-state index contributed by atoms with van der Waals surface area (Å²) in [7, 11) is 2.05. The number of ether oxygens (including phenoxy) is 2. The average molecular weight is 241 g/mol. The highest BCUT2D eigenvalue weighted by molar-refractivity contribution is 5.04. The molecule has 2 rings (SSSR count). The predicted molar refractivity (Wildman–Crippen MR) is 69.2 cm³/mol. The van der Waals surface area contributed by atoms with E-state index in [1.807, 2.05) is 0 Å². The van der Waals surface area contributed by atoms with Crippen LogP contribution in [-0.4, -0.2) is 38.5 Å². The third-order valence-electron chi connectivity index (χ3n) is 4.85. The molecule has 2 aliphatic rings. The van der Waals surface area contributed by atoms with E-state index >= 15 is 0 Å². The number of nitrogens with one attached hydrogen (secondary N) is 1. The van der Waals surface area contributed by atoms with Gasteiger partial charge in [-0.25, -0.2) is 0 Å². The average Bonchev–Trinajstić information content (AvgIpc) is 2.38. The molecular weight excluding hydrogens is 214 g/mol. The summed E-state index contributed by atoms with van der Waals surface area (Å²) in [5.74, 6) is 0. The lowest BCUT2D eigenvalue weighted by atomic mass is 9.61. The molecule has 100 valence electrons. The van der Waals surface area contributed by atoms with Crippen LogP contribution in [0.1, 0.15) is 46.0 Å². The van der Waals surface area contributed by atoms with Gasteiger partial charge in [-0.1, -0.05) is 13.8 Å². The first-order valence-corrected chi connectivity index (χ1v) is 7.11. The van der Waals surface area contributed by atoms with Crippen molar-refractivity contribution in [3.63, 3.8) is 0 Å². The molecule has 0 amide bonds. The Labute approximate surface area is 105 Å². The molecule has 0 radical (unpaired) electrons. The van der Waals surface area contributed by atoms with Crippen LogP contribution in [-0.2, 0) is 9.47 Å². The Hall–Kier alpha value is -0.120. The number of rotatable bonds is 5. The second-order valence-corrected chi connectivity index (χ2v) is 5.75. The molecule has 1 aliphatic heterocycles. The molecule has 4 unspecified atom stereocenters. The SMILES string of the molecule is CCC1(C)C(NC)CC1OCC1CCCCO1. The maximum atomic E-state index is 6.09. The van der Waals surface area contributed by atoms with E-state index in [2.05, 4.69) is 26.2 Å². The highest BCUT2D eigenvalue weighted by atomic mass is 16.5. The summed E-state index contributed by atoms with van der Waals surface area (Å²) >= 11 is 0. The third kappa shape index (κ3) is 2.67. The van der Waals surface area contributed by atoms with E-state index in [9.17, 15) is 0 Å². The van der Waals surface area contributed by atoms with E-state index in [4.69, 9.17) is 9.47 Å². The second kappa shape index (κ2) is 5.68. The topological polar surface area (TPSA) is 30.5 Å². The summed E-state index contributed by atoms with van der Waals surface area (Å²) < 4.78 is 11.8. The summed E-state index contributed by atoms with van der Waals surface area (Å²) in [6.45, 7) is 6.31. The first-order chi connectivity index (χ1) is 8.20. The van der Waals surface area contributed by atoms with Gasteiger partial charge >= 0.3 is 0 Å². The van der Waals surface area contributed by atoms with Crippen molar-refractivity contribution in [2.75, 3.05) is 20.3 Å². The van der Waals surface area contributed by atoms with Crippen molar-refractivity contribution >= 4 is 0 Å². The van der Waals surface area contributed by atoms with Gasteiger partial charge in [-0.05, 0) is 39.2 Å². The van der Waals surface area contributed by atoms with Crippen LogP contribution < -0.4 is 5.32 Å². The largest absolute Gasteiger partial charge is 0.376 e. The quantitative estimate of drug-likeness (QED) is 0.801. The van der Waals surface area contributed by atoms with Gasteiger partial charge in [0.15, 0.2) is 0 Å². The van der Waals surface area contributed by atoms with Crippen molar-refractivity contribution in [2.45, 2.75) is 64.2 Å². The van der Waals surface area contributed by atoms with E-state index in [1.165, 1.54) is 25.7 Å². The molecule has 4 atom stereocenters. The Morgan fingerprint density at radius 3 is 2.82 bits per heavy atom. The molecule has 2 fully saturated rings. The van der Waals surface area contributed by atoms with Crippen LogP contribution in [0.25, 0.3) is 0 Å². The molecule has 1 N–H and O–H groups in total. The summed E-state index contributed by atoms with van der Waals surface area (Å²) in [6, 6.07) is 0.616. The molecule has 1 aliphatic carbocycles. The van der Waals surface area contributed by atoms with Gasteiger partial charge in [0.2, 0.25) is 0 Å². The standard InChI is InChI=1S/C14H27NO2/c1-4-14(2)12(15-3)9-13(14)17-10-11-7-5-6-8-16-11/h11-13,15H,4-10H2,1-3H3. The molecule has 0 spiro atoms. The molecule has 17 heavy (non-hydrogen) atoms. The van der Waals surface area contributed by atoms with Gasteiger partial charge in [0, 0.05) is 18.1 Å². The Morgan fingerprint density at radius 1 is 1.41 bits per heavy atom. The van der Waals surface area contributed by atoms with Gasteiger partial charge in [-0.15, -0.1) is 0 Å². The van der Waals surface area contributed by atoms with E-state index in [-0.39, 0.29) is 0 Å². The molecule has 0 aromatic heterocycles. The zero-order valence-electron chi connectivity index (χ0n) is 11.5. The third-order valence-corrected chi connectivity index (χ3v) is 4.85. The summed E-state index contributed by atoms with van der Waals surface area (Å²) in [6.07, 6.45) is 6.76. The highest BCUT2D eigenvalue weighted by Gasteiger charge is 2.50. The smallest absolute Gasteiger partial charge is 0.0808 e. The molecular formula is C14H27NO2. The van der Waals surface area contributed by atoms with E-state index in [0.717, 1.165) is 19.6 Å². The van der Waals surface area contributed by atoms with Crippen LogP contribution in [0.2, 0.25) is 0 Å². The van der Waals surface area contributed by atoms with Crippen molar-refractivity contribution in [2.24, 2.45) is 5.41 Å². The van der Waals surface area contributed by atoms with Crippen LogP contribution in [0.5, 0.6) is 0 Å². The van der Waals surface area contributed by atoms with Crippen molar-refractivity contribution in [3.05, 3.63) is 0 Å².